The topological polar surface area (TPSA) is 12.0 Å². The lowest BCUT2D eigenvalue weighted by Crippen LogP contribution is -2.21. The molecular formula is C20H25N. The molecule has 0 aliphatic carbocycles. The van der Waals surface area contributed by atoms with Crippen molar-refractivity contribution in [2.24, 2.45) is 0 Å². The standard InChI is InChI=1S/C20H25N/c1-14(2)18-9-5-16(6-10-18)12-17-7-11-20-19(13-17)8-4-15(3)21-20/h5-7,9-11,13-15,21H,4,8,12H2,1-3H3. The predicted octanol–water partition coefficient (Wildman–Crippen LogP) is 5.15. The Bertz CT molecular complexity index is 610. The number of hydrogen-bond acceptors (Lipinski definition) is 1. The maximum Gasteiger partial charge on any atom is 0.0374 e. The van der Waals surface area contributed by atoms with Gasteiger partial charge in [0.1, 0.15) is 0 Å². The molecule has 0 fully saturated rings. The molecule has 2 aromatic carbocycles. The Hall–Kier alpha value is -1.76. The van der Waals surface area contributed by atoms with Gasteiger partial charge in [-0.25, -0.2) is 0 Å². The largest absolute Gasteiger partial charge is 0.382 e. The van der Waals surface area contributed by atoms with Crippen molar-refractivity contribution in [1.29, 1.82) is 0 Å². The number of hydrogen-bond donors (Lipinski definition) is 1. The third-order valence-electron chi connectivity index (χ3n) is 4.47. The van der Waals surface area contributed by atoms with Crippen LogP contribution in [0.2, 0.25) is 0 Å². The third kappa shape index (κ3) is 3.29. The van der Waals surface area contributed by atoms with Gasteiger partial charge in [-0.05, 0) is 60.4 Å². The van der Waals surface area contributed by atoms with Crippen LogP contribution in [0.5, 0.6) is 0 Å². The van der Waals surface area contributed by atoms with Crippen LogP contribution in [0.1, 0.15) is 55.4 Å². The summed E-state index contributed by atoms with van der Waals surface area (Å²) >= 11 is 0. The maximum absolute atomic E-state index is 3.57. The number of rotatable bonds is 3. The summed E-state index contributed by atoms with van der Waals surface area (Å²) in [5.41, 5.74) is 7.04. The van der Waals surface area contributed by atoms with Crippen LogP contribution in [0.3, 0.4) is 0 Å². The molecule has 0 aromatic heterocycles. The van der Waals surface area contributed by atoms with Gasteiger partial charge >= 0.3 is 0 Å². The van der Waals surface area contributed by atoms with E-state index in [-0.39, 0.29) is 0 Å². The quantitative estimate of drug-likeness (QED) is 0.819. The minimum absolute atomic E-state index is 0.604. The Morgan fingerprint density at radius 1 is 1.05 bits per heavy atom. The van der Waals surface area contributed by atoms with Crippen molar-refractivity contribution in [3.8, 4) is 0 Å². The molecule has 0 amide bonds. The summed E-state index contributed by atoms with van der Waals surface area (Å²) in [7, 11) is 0. The Morgan fingerprint density at radius 3 is 2.48 bits per heavy atom. The van der Waals surface area contributed by atoms with Crippen LogP contribution >= 0.6 is 0 Å². The molecule has 2 aromatic rings. The third-order valence-corrected chi connectivity index (χ3v) is 4.47. The van der Waals surface area contributed by atoms with Gasteiger partial charge in [-0.2, -0.15) is 0 Å². The Kier molecular flexibility index (Phi) is 4.01. The summed E-state index contributed by atoms with van der Waals surface area (Å²) in [4.78, 5) is 0. The fourth-order valence-corrected chi connectivity index (χ4v) is 3.07. The summed E-state index contributed by atoms with van der Waals surface area (Å²) in [6.07, 6.45) is 3.46. The monoisotopic (exact) mass is 279 g/mol. The lowest BCUT2D eigenvalue weighted by Gasteiger charge is -2.24. The first kappa shape index (κ1) is 14.2. The van der Waals surface area contributed by atoms with E-state index in [0.717, 1.165) is 6.42 Å². The molecule has 0 bridgehead atoms. The highest BCUT2D eigenvalue weighted by molar-refractivity contribution is 5.55. The van der Waals surface area contributed by atoms with E-state index in [4.69, 9.17) is 0 Å². The van der Waals surface area contributed by atoms with E-state index in [2.05, 4.69) is 68.6 Å². The van der Waals surface area contributed by atoms with Crippen LogP contribution < -0.4 is 5.32 Å². The van der Waals surface area contributed by atoms with Crippen LogP contribution in [-0.2, 0) is 12.8 Å². The molecule has 0 radical (unpaired) electrons. The average Bonchev–Trinajstić information content (AvgIpc) is 2.48. The van der Waals surface area contributed by atoms with Crippen molar-refractivity contribution in [2.45, 2.75) is 52.0 Å². The number of benzene rings is 2. The van der Waals surface area contributed by atoms with E-state index in [1.165, 1.54) is 40.8 Å². The molecule has 1 N–H and O–H groups in total. The number of anilines is 1. The molecule has 1 unspecified atom stereocenters. The molecule has 1 heteroatoms. The second kappa shape index (κ2) is 5.93. The van der Waals surface area contributed by atoms with Gasteiger partial charge in [0.15, 0.2) is 0 Å². The zero-order valence-corrected chi connectivity index (χ0v) is 13.3. The first-order valence-electron chi connectivity index (χ1n) is 8.09. The van der Waals surface area contributed by atoms with Gasteiger partial charge in [-0.1, -0.05) is 50.2 Å². The van der Waals surface area contributed by atoms with Gasteiger partial charge < -0.3 is 5.32 Å². The van der Waals surface area contributed by atoms with E-state index in [0.29, 0.717) is 12.0 Å². The second-order valence-electron chi connectivity index (χ2n) is 6.65. The van der Waals surface area contributed by atoms with Gasteiger partial charge in [0, 0.05) is 11.7 Å². The van der Waals surface area contributed by atoms with Gasteiger partial charge in [0.25, 0.3) is 0 Å². The van der Waals surface area contributed by atoms with E-state index in [1.807, 2.05) is 0 Å². The minimum Gasteiger partial charge on any atom is -0.382 e. The molecule has 1 aliphatic heterocycles. The zero-order valence-electron chi connectivity index (χ0n) is 13.3. The first-order chi connectivity index (χ1) is 10.1. The molecule has 0 saturated carbocycles. The highest BCUT2D eigenvalue weighted by Gasteiger charge is 2.14. The van der Waals surface area contributed by atoms with E-state index in [9.17, 15) is 0 Å². The summed E-state index contributed by atoms with van der Waals surface area (Å²) in [6, 6.07) is 16.6. The summed E-state index contributed by atoms with van der Waals surface area (Å²) in [5.74, 6) is 0.607. The molecule has 110 valence electrons. The number of nitrogens with one attached hydrogen (secondary N) is 1. The van der Waals surface area contributed by atoms with Crippen LogP contribution in [0.4, 0.5) is 5.69 Å². The molecule has 1 aliphatic rings. The smallest absolute Gasteiger partial charge is 0.0374 e. The molecule has 0 saturated heterocycles. The number of fused-ring (bicyclic) bond motifs is 1. The van der Waals surface area contributed by atoms with Gasteiger partial charge in [-0.15, -0.1) is 0 Å². The van der Waals surface area contributed by atoms with Gasteiger partial charge in [0.2, 0.25) is 0 Å². The van der Waals surface area contributed by atoms with Crippen LogP contribution in [0, 0.1) is 0 Å². The molecular weight excluding hydrogens is 254 g/mol. The van der Waals surface area contributed by atoms with Gasteiger partial charge in [0.05, 0.1) is 0 Å². The fraction of sp³-hybridized carbons (Fsp3) is 0.400. The van der Waals surface area contributed by atoms with E-state index >= 15 is 0 Å². The van der Waals surface area contributed by atoms with E-state index in [1.54, 1.807) is 0 Å². The van der Waals surface area contributed by atoms with Crippen molar-refractivity contribution in [2.75, 3.05) is 5.32 Å². The molecule has 3 rings (SSSR count). The number of aryl methyl sites for hydroxylation is 1. The first-order valence-corrected chi connectivity index (χ1v) is 8.09. The van der Waals surface area contributed by atoms with Crippen molar-refractivity contribution < 1.29 is 0 Å². The minimum atomic E-state index is 0.604. The lowest BCUT2D eigenvalue weighted by atomic mass is 9.94. The molecule has 1 heterocycles. The summed E-state index contributed by atoms with van der Waals surface area (Å²) < 4.78 is 0. The maximum atomic E-state index is 3.57. The summed E-state index contributed by atoms with van der Waals surface area (Å²) in [6.45, 7) is 6.74. The molecule has 21 heavy (non-hydrogen) atoms. The lowest BCUT2D eigenvalue weighted by molar-refractivity contribution is 0.680. The molecule has 1 nitrogen and oxygen atoms in total. The Balaban J connectivity index is 1.76. The zero-order chi connectivity index (χ0) is 14.8. The van der Waals surface area contributed by atoms with Gasteiger partial charge in [-0.3, -0.25) is 0 Å². The van der Waals surface area contributed by atoms with Crippen LogP contribution in [0.15, 0.2) is 42.5 Å². The average molecular weight is 279 g/mol. The van der Waals surface area contributed by atoms with Crippen LogP contribution in [-0.4, -0.2) is 6.04 Å². The van der Waals surface area contributed by atoms with Crippen molar-refractivity contribution in [3.63, 3.8) is 0 Å². The summed E-state index contributed by atoms with van der Waals surface area (Å²) in [5, 5.41) is 3.57. The van der Waals surface area contributed by atoms with Crippen molar-refractivity contribution >= 4 is 5.69 Å². The molecule has 1 atom stereocenters. The highest BCUT2D eigenvalue weighted by Crippen LogP contribution is 2.26. The fourth-order valence-electron chi connectivity index (χ4n) is 3.07. The molecule has 0 spiro atoms. The highest BCUT2D eigenvalue weighted by atomic mass is 14.9. The Labute approximate surface area is 128 Å². The van der Waals surface area contributed by atoms with Crippen LogP contribution in [0.25, 0.3) is 0 Å². The Morgan fingerprint density at radius 2 is 1.76 bits per heavy atom. The normalized spacial score (nSPS) is 17.4. The SMILES string of the molecule is CC1CCc2cc(Cc3ccc(C(C)C)cc3)ccc2N1. The predicted molar refractivity (Wildman–Crippen MR) is 91.2 cm³/mol. The van der Waals surface area contributed by atoms with Crippen molar-refractivity contribution in [3.05, 3.63) is 64.7 Å². The van der Waals surface area contributed by atoms with E-state index < -0.39 is 0 Å². The van der Waals surface area contributed by atoms with Crippen molar-refractivity contribution in [1.82, 2.24) is 0 Å². The second-order valence-corrected chi connectivity index (χ2v) is 6.65.